The van der Waals surface area contributed by atoms with Gasteiger partial charge in [-0.05, 0) is 84.5 Å². The molecule has 3 aromatic heterocycles. The lowest BCUT2D eigenvalue weighted by atomic mass is 9.99. The van der Waals surface area contributed by atoms with Crippen LogP contribution in [0.2, 0.25) is 0 Å². The molecule has 3 N–H and O–H groups in total. The van der Waals surface area contributed by atoms with Crippen LogP contribution in [0.3, 0.4) is 0 Å². The molecule has 6 aromatic rings. The van der Waals surface area contributed by atoms with Crippen molar-refractivity contribution in [2.24, 2.45) is 5.92 Å². The third kappa shape index (κ3) is 4.43. The molecular formula is C33H28FN5O. The van der Waals surface area contributed by atoms with Gasteiger partial charge >= 0.3 is 0 Å². The van der Waals surface area contributed by atoms with E-state index in [0.29, 0.717) is 5.69 Å². The number of nitrogens with one attached hydrogen (secondary N) is 3. The second kappa shape index (κ2) is 9.75. The van der Waals surface area contributed by atoms with Gasteiger partial charge in [-0.15, -0.1) is 0 Å². The molecule has 3 heterocycles. The molecule has 3 aromatic carbocycles. The third-order valence-electron chi connectivity index (χ3n) is 7.90. The molecule has 0 atom stereocenters. The van der Waals surface area contributed by atoms with E-state index in [1.807, 2.05) is 55.6 Å². The first-order chi connectivity index (χ1) is 19.5. The highest BCUT2D eigenvalue weighted by Gasteiger charge is 2.23. The summed E-state index contributed by atoms with van der Waals surface area (Å²) in [5, 5.41) is 12.8. The molecule has 0 spiro atoms. The van der Waals surface area contributed by atoms with Gasteiger partial charge in [0.2, 0.25) is 5.91 Å². The number of aromatic nitrogens is 4. The first-order valence-electron chi connectivity index (χ1n) is 13.7. The van der Waals surface area contributed by atoms with Gasteiger partial charge in [0.25, 0.3) is 0 Å². The molecule has 1 aliphatic carbocycles. The summed E-state index contributed by atoms with van der Waals surface area (Å²) < 4.78 is 14.2. The maximum atomic E-state index is 14.2. The Labute approximate surface area is 230 Å². The Hall–Kier alpha value is -4.78. The second-order valence-corrected chi connectivity index (χ2v) is 10.7. The van der Waals surface area contributed by atoms with E-state index in [0.717, 1.165) is 86.7 Å². The molecule has 0 saturated heterocycles. The number of hydrogen-bond donors (Lipinski definition) is 3. The number of aryl methyl sites for hydroxylation is 1. The molecule has 0 aliphatic heterocycles. The van der Waals surface area contributed by atoms with Crippen molar-refractivity contribution >= 4 is 33.4 Å². The third-order valence-corrected chi connectivity index (χ3v) is 7.90. The number of rotatable bonds is 5. The number of carbonyl (C=O) groups excluding carboxylic acids is 1. The molecule has 1 amide bonds. The number of carbonyl (C=O) groups is 1. The van der Waals surface area contributed by atoms with Gasteiger partial charge in [0, 0.05) is 34.0 Å². The number of fused-ring (bicyclic) bond motifs is 2. The minimum absolute atomic E-state index is 0.0793. The maximum Gasteiger partial charge on any atom is 0.227 e. The fourth-order valence-electron chi connectivity index (χ4n) is 5.92. The lowest BCUT2D eigenvalue weighted by Crippen LogP contribution is -2.20. The Morgan fingerprint density at radius 2 is 1.77 bits per heavy atom. The van der Waals surface area contributed by atoms with E-state index in [2.05, 4.69) is 37.6 Å². The van der Waals surface area contributed by atoms with Gasteiger partial charge in [0.1, 0.15) is 11.5 Å². The van der Waals surface area contributed by atoms with Crippen LogP contribution in [0.1, 0.15) is 31.2 Å². The summed E-state index contributed by atoms with van der Waals surface area (Å²) in [6.45, 7) is 1.90. The summed E-state index contributed by atoms with van der Waals surface area (Å²) in [7, 11) is 0. The van der Waals surface area contributed by atoms with E-state index in [1.54, 1.807) is 12.3 Å². The number of nitrogens with zero attached hydrogens (tertiary/aromatic N) is 2. The molecule has 1 aliphatic rings. The molecule has 0 bridgehead atoms. The van der Waals surface area contributed by atoms with Crippen molar-refractivity contribution < 1.29 is 9.18 Å². The molecule has 198 valence electrons. The fraction of sp³-hybridized carbons (Fsp3) is 0.182. The number of H-pyrrole nitrogens is 2. The highest BCUT2D eigenvalue weighted by Crippen LogP contribution is 2.36. The standard InChI is InChI=1S/C33H28FN5O/c1-19-11-22(13-24(34)12-19)26-7-4-8-29-27(26)16-31(37-29)32-28-15-21(9-10-30(28)38-39-32)23-14-25(18-35-17-23)36-33(40)20-5-2-3-6-20/h4,7-18,20,37H,2-3,5-6H2,1H3,(H,36,40)(H,38,39). The summed E-state index contributed by atoms with van der Waals surface area (Å²) in [6, 6.07) is 21.3. The highest BCUT2D eigenvalue weighted by atomic mass is 19.1. The number of aromatic amines is 2. The van der Waals surface area contributed by atoms with Crippen LogP contribution in [0.25, 0.3) is 55.4 Å². The second-order valence-electron chi connectivity index (χ2n) is 10.7. The van der Waals surface area contributed by atoms with Crippen molar-refractivity contribution in [1.29, 1.82) is 0 Å². The SMILES string of the molecule is Cc1cc(F)cc(-c2cccc3[nH]c(-c4n[nH]c5ccc(-c6cncc(NC(=O)C7CCCC7)c6)cc45)cc23)c1. The van der Waals surface area contributed by atoms with Crippen LogP contribution < -0.4 is 5.32 Å². The fourth-order valence-corrected chi connectivity index (χ4v) is 5.92. The largest absolute Gasteiger partial charge is 0.353 e. The van der Waals surface area contributed by atoms with Gasteiger partial charge < -0.3 is 10.3 Å². The van der Waals surface area contributed by atoms with Crippen molar-refractivity contribution in [3.63, 3.8) is 0 Å². The van der Waals surface area contributed by atoms with E-state index in [4.69, 9.17) is 0 Å². The zero-order valence-electron chi connectivity index (χ0n) is 22.1. The number of hydrogen-bond acceptors (Lipinski definition) is 3. The number of benzene rings is 3. The molecular weight excluding hydrogens is 501 g/mol. The Balaban J connectivity index is 1.25. The quantitative estimate of drug-likeness (QED) is 0.211. The van der Waals surface area contributed by atoms with E-state index < -0.39 is 0 Å². The normalized spacial score (nSPS) is 13.8. The highest BCUT2D eigenvalue weighted by molar-refractivity contribution is 6.02. The van der Waals surface area contributed by atoms with Crippen molar-refractivity contribution in [1.82, 2.24) is 20.2 Å². The zero-order valence-corrected chi connectivity index (χ0v) is 22.1. The lowest BCUT2D eigenvalue weighted by molar-refractivity contribution is -0.119. The summed E-state index contributed by atoms with van der Waals surface area (Å²) in [5.41, 5.74) is 8.82. The van der Waals surface area contributed by atoms with Gasteiger partial charge in [-0.2, -0.15) is 5.10 Å². The van der Waals surface area contributed by atoms with Crippen LogP contribution in [0.15, 0.2) is 79.1 Å². The summed E-state index contributed by atoms with van der Waals surface area (Å²) >= 11 is 0. The van der Waals surface area contributed by atoms with Crippen molar-refractivity contribution in [3.8, 4) is 33.6 Å². The Kier molecular flexibility index (Phi) is 5.92. The number of halogens is 1. The topological polar surface area (TPSA) is 86.5 Å². The summed E-state index contributed by atoms with van der Waals surface area (Å²) in [5.74, 6) is -0.0730. The van der Waals surface area contributed by atoms with Gasteiger partial charge in [-0.3, -0.25) is 14.9 Å². The smallest absolute Gasteiger partial charge is 0.227 e. The predicted molar refractivity (Wildman–Crippen MR) is 157 cm³/mol. The summed E-state index contributed by atoms with van der Waals surface area (Å²) in [4.78, 5) is 20.6. The van der Waals surface area contributed by atoms with Crippen LogP contribution in [0, 0.1) is 18.7 Å². The first kappa shape index (κ1) is 24.3. The van der Waals surface area contributed by atoms with Crippen LogP contribution in [-0.4, -0.2) is 26.1 Å². The van der Waals surface area contributed by atoms with Gasteiger partial charge in [-0.1, -0.05) is 37.1 Å². The molecule has 7 heteroatoms. The monoisotopic (exact) mass is 529 g/mol. The molecule has 0 unspecified atom stereocenters. The van der Waals surface area contributed by atoms with Crippen molar-refractivity contribution in [2.75, 3.05) is 5.32 Å². The molecule has 1 fully saturated rings. The number of pyridine rings is 1. The summed E-state index contributed by atoms with van der Waals surface area (Å²) in [6.07, 6.45) is 7.64. The molecule has 0 radical (unpaired) electrons. The van der Waals surface area contributed by atoms with Crippen LogP contribution in [0.5, 0.6) is 0 Å². The van der Waals surface area contributed by atoms with Crippen LogP contribution in [-0.2, 0) is 4.79 Å². The number of anilines is 1. The first-order valence-corrected chi connectivity index (χ1v) is 13.7. The van der Waals surface area contributed by atoms with E-state index in [9.17, 15) is 9.18 Å². The molecule has 7 rings (SSSR count). The van der Waals surface area contributed by atoms with Gasteiger partial charge in [0.15, 0.2) is 0 Å². The van der Waals surface area contributed by atoms with E-state index >= 15 is 0 Å². The predicted octanol–water partition coefficient (Wildman–Crippen LogP) is 8.02. The van der Waals surface area contributed by atoms with Gasteiger partial charge in [0.05, 0.1) is 23.1 Å². The number of amides is 1. The average Bonchev–Trinajstić information content (AvgIpc) is 3.71. The van der Waals surface area contributed by atoms with Crippen LogP contribution in [0.4, 0.5) is 10.1 Å². The van der Waals surface area contributed by atoms with E-state index in [-0.39, 0.29) is 17.6 Å². The van der Waals surface area contributed by atoms with Crippen molar-refractivity contribution in [2.45, 2.75) is 32.6 Å². The minimum Gasteiger partial charge on any atom is -0.353 e. The van der Waals surface area contributed by atoms with Gasteiger partial charge in [-0.25, -0.2) is 4.39 Å². The van der Waals surface area contributed by atoms with E-state index in [1.165, 1.54) is 6.07 Å². The van der Waals surface area contributed by atoms with Crippen LogP contribution >= 0.6 is 0 Å². The maximum absolute atomic E-state index is 14.2. The minimum atomic E-state index is -0.245. The zero-order chi connectivity index (χ0) is 27.2. The lowest BCUT2D eigenvalue weighted by Gasteiger charge is -2.11. The molecule has 1 saturated carbocycles. The molecule has 40 heavy (non-hydrogen) atoms. The Bertz CT molecular complexity index is 1880. The Morgan fingerprint density at radius 1 is 0.900 bits per heavy atom. The molecule has 6 nitrogen and oxygen atoms in total. The van der Waals surface area contributed by atoms with Crippen molar-refractivity contribution in [3.05, 3.63) is 90.5 Å². The Morgan fingerprint density at radius 3 is 2.62 bits per heavy atom. The average molecular weight is 530 g/mol.